The summed E-state index contributed by atoms with van der Waals surface area (Å²) < 4.78 is 4.84. The van der Waals surface area contributed by atoms with Crippen LogP contribution in [0.1, 0.15) is 98.0 Å². The third-order valence-corrected chi connectivity index (χ3v) is 5.87. The summed E-state index contributed by atoms with van der Waals surface area (Å²) in [6.07, 6.45) is 5.19. The zero-order valence-electron chi connectivity index (χ0n) is 23.7. The van der Waals surface area contributed by atoms with E-state index in [2.05, 4.69) is 32.7 Å². The van der Waals surface area contributed by atoms with Gasteiger partial charge in [0, 0.05) is 5.41 Å². The smallest absolute Gasteiger partial charge is 0.337 e. The summed E-state index contributed by atoms with van der Waals surface area (Å²) in [5.41, 5.74) is 11.4. The van der Waals surface area contributed by atoms with Gasteiger partial charge in [-0.2, -0.15) is 0 Å². The fourth-order valence-electron chi connectivity index (χ4n) is 3.22. The molecule has 0 aliphatic carbocycles. The van der Waals surface area contributed by atoms with Gasteiger partial charge in [-0.05, 0) is 79.3 Å². The van der Waals surface area contributed by atoms with Crippen LogP contribution in [0.25, 0.3) is 5.57 Å². The van der Waals surface area contributed by atoms with Crippen molar-refractivity contribution in [2.45, 2.75) is 82.1 Å². The number of esters is 1. The molecule has 0 fully saturated rings. The Morgan fingerprint density at radius 1 is 1.06 bits per heavy atom. The quantitative estimate of drug-likeness (QED) is 0.236. The van der Waals surface area contributed by atoms with Gasteiger partial charge in [-0.1, -0.05) is 73.1 Å². The molecule has 0 heterocycles. The molecule has 2 N–H and O–H groups in total. The van der Waals surface area contributed by atoms with E-state index in [-0.39, 0.29) is 11.9 Å². The number of rotatable bonds is 8. The Morgan fingerprint density at radius 3 is 1.97 bits per heavy atom. The molecule has 1 unspecified atom stereocenters. The minimum absolute atomic E-state index is 0.197. The molecule has 0 saturated heterocycles. The molecule has 0 aliphatic heterocycles. The molecule has 0 aromatic heterocycles. The molecule has 0 bridgehead atoms. The molecule has 1 rings (SSSR count). The second kappa shape index (κ2) is 15.1. The number of methoxy groups -OCH3 is 1. The summed E-state index contributed by atoms with van der Waals surface area (Å²) in [6.45, 7) is 20.0. The Kier molecular flexibility index (Phi) is 13.9. The van der Waals surface area contributed by atoms with E-state index in [1.807, 2.05) is 59.8 Å². The Hall–Kier alpha value is -2.95. The van der Waals surface area contributed by atoms with Gasteiger partial charge >= 0.3 is 5.97 Å². The van der Waals surface area contributed by atoms with Crippen LogP contribution in [-0.4, -0.2) is 24.7 Å². The van der Waals surface area contributed by atoms with E-state index < -0.39 is 5.41 Å². The van der Waals surface area contributed by atoms with E-state index in [4.69, 9.17) is 10.5 Å². The van der Waals surface area contributed by atoms with Gasteiger partial charge in [-0.25, -0.2) is 9.79 Å². The highest BCUT2D eigenvalue weighted by molar-refractivity contribution is 6.14. The zero-order chi connectivity index (χ0) is 27.3. The van der Waals surface area contributed by atoms with Crippen LogP contribution in [0.5, 0.6) is 0 Å². The monoisotopic (exact) mass is 482 g/mol. The first kappa shape index (κ1) is 32.0. The molecule has 0 saturated carbocycles. The SMILES string of the molecule is CC.CCC(=C\C(=NC(=O)C(C)(C)C)/C(C)=C\N)/C(=C(\C)C(C)CC)c1ccc(C(=O)OC)cc1. The molecule has 5 heteroatoms. The Morgan fingerprint density at radius 2 is 1.57 bits per heavy atom. The van der Waals surface area contributed by atoms with Gasteiger partial charge in [0.25, 0.3) is 5.91 Å². The van der Waals surface area contributed by atoms with Crippen molar-refractivity contribution < 1.29 is 14.3 Å². The van der Waals surface area contributed by atoms with Gasteiger partial charge in [0.05, 0.1) is 18.4 Å². The maximum absolute atomic E-state index is 12.7. The van der Waals surface area contributed by atoms with E-state index in [9.17, 15) is 9.59 Å². The van der Waals surface area contributed by atoms with Crippen LogP contribution in [-0.2, 0) is 9.53 Å². The van der Waals surface area contributed by atoms with Crippen molar-refractivity contribution in [3.8, 4) is 0 Å². The zero-order valence-corrected chi connectivity index (χ0v) is 23.7. The van der Waals surface area contributed by atoms with Crippen LogP contribution in [0.3, 0.4) is 0 Å². The molecule has 1 aromatic rings. The molecule has 0 aliphatic rings. The number of amides is 1. The lowest BCUT2D eigenvalue weighted by molar-refractivity contribution is -0.124. The van der Waals surface area contributed by atoms with Crippen molar-refractivity contribution in [2.75, 3.05) is 7.11 Å². The number of carbonyl (C=O) groups is 2. The van der Waals surface area contributed by atoms with Gasteiger partial charge in [0.15, 0.2) is 0 Å². The number of nitrogens with zero attached hydrogens (tertiary/aromatic N) is 1. The summed E-state index contributed by atoms with van der Waals surface area (Å²) in [6, 6.07) is 7.45. The summed E-state index contributed by atoms with van der Waals surface area (Å²) in [7, 11) is 1.37. The third kappa shape index (κ3) is 9.31. The topological polar surface area (TPSA) is 81.8 Å². The molecule has 1 amide bonds. The lowest BCUT2D eigenvalue weighted by Gasteiger charge is -2.21. The van der Waals surface area contributed by atoms with Crippen LogP contribution in [0.4, 0.5) is 0 Å². The van der Waals surface area contributed by atoms with Crippen LogP contribution in [0, 0.1) is 11.3 Å². The second-order valence-electron chi connectivity index (χ2n) is 9.36. The fraction of sp³-hybridized carbons (Fsp3) is 0.500. The minimum atomic E-state index is -0.588. The van der Waals surface area contributed by atoms with Crippen LogP contribution in [0.2, 0.25) is 0 Å². The van der Waals surface area contributed by atoms with Gasteiger partial charge in [0.2, 0.25) is 0 Å². The number of carbonyl (C=O) groups excluding carboxylic acids is 2. The molecule has 1 atom stereocenters. The number of benzene rings is 1. The standard InChI is InChI=1S/C28H40N2O3.C2H6/c1-10-18(3)20(5)25(22-12-14-23(15-13-22)26(31)33-9)21(11-2)16-24(19(4)17-29)30-27(32)28(6,7)8;1-2/h12-18H,10-11,29H2,1-9H3;1-2H3/b19-17-,21-16+,25-20-,30-24?;. The highest BCUT2D eigenvalue weighted by atomic mass is 16.5. The van der Waals surface area contributed by atoms with E-state index in [1.54, 1.807) is 12.1 Å². The average molecular weight is 483 g/mol. The number of hydrogen-bond acceptors (Lipinski definition) is 4. The van der Waals surface area contributed by atoms with Crippen LogP contribution < -0.4 is 5.73 Å². The summed E-state index contributed by atoms with van der Waals surface area (Å²) in [5, 5.41) is 0. The van der Waals surface area contributed by atoms with Crippen molar-refractivity contribution in [1.82, 2.24) is 0 Å². The maximum Gasteiger partial charge on any atom is 0.337 e. The fourth-order valence-corrected chi connectivity index (χ4v) is 3.22. The predicted molar refractivity (Wildman–Crippen MR) is 149 cm³/mol. The van der Waals surface area contributed by atoms with E-state index in [0.717, 1.165) is 35.1 Å². The number of hydrogen-bond donors (Lipinski definition) is 1. The maximum atomic E-state index is 12.7. The van der Waals surface area contributed by atoms with Crippen molar-refractivity contribution in [3.05, 3.63) is 64.4 Å². The largest absolute Gasteiger partial charge is 0.465 e. The average Bonchev–Trinajstić information content (AvgIpc) is 2.86. The number of nitrogens with two attached hydrogens (primary N) is 1. The summed E-state index contributed by atoms with van der Waals surface area (Å²) in [5.74, 6) is -0.203. The van der Waals surface area contributed by atoms with E-state index in [1.165, 1.54) is 18.9 Å². The molecular formula is C30H46N2O3. The highest BCUT2D eigenvalue weighted by Crippen LogP contribution is 2.34. The Labute approximate surface area is 213 Å². The molecule has 35 heavy (non-hydrogen) atoms. The molecular weight excluding hydrogens is 436 g/mol. The molecule has 5 nitrogen and oxygen atoms in total. The van der Waals surface area contributed by atoms with Gasteiger partial charge in [-0.3, -0.25) is 4.79 Å². The van der Waals surface area contributed by atoms with Crippen molar-refractivity contribution >= 4 is 23.2 Å². The molecule has 194 valence electrons. The second-order valence-corrected chi connectivity index (χ2v) is 9.36. The minimum Gasteiger partial charge on any atom is -0.465 e. The lowest BCUT2D eigenvalue weighted by atomic mass is 9.85. The lowest BCUT2D eigenvalue weighted by Crippen LogP contribution is -2.19. The summed E-state index contributed by atoms with van der Waals surface area (Å²) >= 11 is 0. The third-order valence-electron chi connectivity index (χ3n) is 5.87. The van der Waals surface area contributed by atoms with E-state index in [0.29, 0.717) is 17.2 Å². The first-order chi connectivity index (χ1) is 16.4. The number of aliphatic imine (C=N–C) groups is 1. The first-order valence-electron chi connectivity index (χ1n) is 12.5. The highest BCUT2D eigenvalue weighted by Gasteiger charge is 2.22. The molecule has 1 aromatic carbocycles. The van der Waals surface area contributed by atoms with Crippen molar-refractivity contribution in [2.24, 2.45) is 22.1 Å². The van der Waals surface area contributed by atoms with E-state index >= 15 is 0 Å². The first-order valence-corrected chi connectivity index (χ1v) is 12.5. The van der Waals surface area contributed by atoms with Gasteiger partial charge in [0.1, 0.15) is 0 Å². The molecule has 0 radical (unpaired) electrons. The Bertz CT molecular complexity index is 972. The normalized spacial score (nSPS) is 14.4. The predicted octanol–water partition coefficient (Wildman–Crippen LogP) is 7.53. The summed E-state index contributed by atoms with van der Waals surface area (Å²) in [4.78, 5) is 29.0. The van der Waals surface area contributed by atoms with Crippen molar-refractivity contribution in [3.63, 3.8) is 0 Å². The number of ether oxygens (including phenoxy) is 1. The Balaban J connectivity index is 0.00000562. The van der Waals surface area contributed by atoms with Crippen LogP contribution in [0.15, 0.2) is 58.3 Å². The van der Waals surface area contributed by atoms with Gasteiger partial charge < -0.3 is 10.5 Å². The van der Waals surface area contributed by atoms with Gasteiger partial charge in [-0.15, -0.1) is 0 Å². The van der Waals surface area contributed by atoms with Crippen molar-refractivity contribution in [1.29, 1.82) is 0 Å². The van der Waals surface area contributed by atoms with Crippen LogP contribution >= 0.6 is 0 Å². The molecule has 0 spiro atoms. The number of allylic oxidation sites excluding steroid dienone is 5.